The first-order chi connectivity index (χ1) is 13.3. The van der Waals surface area contributed by atoms with Crippen LogP contribution in [0.5, 0.6) is 0 Å². The van der Waals surface area contributed by atoms with Gasteiger partial charge >= 0.3 is 5.97 Å². The van der Waals surface area contributed by atoms with Crippen LogP contribution in [0, 0.1) is 17.3 Å². The van der Waals surface area contributed by atoms with Crippen LogP contribution in [-0.2, 0) is 6.42 Å². The van der Waals surface area contributed by atoms with Crippen molar-refractivity contribution in [2.24, 2.45) is 17.3 Å². The molecule has 0 spiro atoms. The van der Waals surface area contributed by atoms with Crippen molar-refractivity contribution >= 4 is 5.97 Å². The number of benzene rings is 1. The average Bonchev–Trinajstić information content (AvgIpc) is 2.91. The topological polar surface area (TPSA) is 77.8 Å². The molecule has 2 aliphatic carbocycles. The second-order valence-electron chi connectivity index (χ2n) is 8.84. The fourth-order valence-corrected chi connectivity index (χ4v) is 4.61. The molecule has 3 N–H and O–H groups in total. The maximum atomic E-state index is 11.0. The molecule has 0 radical (unpaired) electrons. The molecule has 0 saturated heterocycles. The van der Waals surface area contributed by atoms with Crippen molar-refractivity contribution in [2.45, 2.75) is 64.1 Å². The minimum atomic E-state index is -0.915. The van der Waals surface area contributed by atoms with E-state index in [1.165, 1.54) is 6.42 Å². The van der Waals surface area contributed by atoms with Crippen molar-refractivity contribution in [2.75, 3.05) is 0 Å². The Morgan fingerprint density at radius 3 is 2.57 bits per heavy atom. The number of aliphatic hydroxyl groups excluding tert-OH is 2. The molecule has 1 aromatic rings. The van der Waals surface area contributed by atoms with Gasteiger partial charge in [0.25, 0.3) is 0 Å². The van der Waals surface area contributed by atoms with E-state index in [4.69, 9.17) is 5.11 Å². The highest BCUT2D eigenvalue weighted by atomic mass is 16.4. The van der Waals surface area contributed by atoms with Crippen molar-refractivity contribution in [3.8, 4) is 0 Å². The normalized spacial score (nSPS) is 27.7. The van der Waals surface area contributed by atoms with Crippen LogP contribution in [-0.4, -0.2) is 33.5 Å². The first-order valence-corrected chi connectivity index (χ1v) is 10.3. The number of carboxylic acid groups (broad SMARTS) is 1. The lowest BCUT2D eigenvalue weighted by molar-refractivity contribution is -0.0177. The first-order valence-electron chi connectivity index (χ1n) is 10.3. The third-order valence-electron chi connectivity index (χ3n) is 6.87. The van der Waals surface area contributed by atoms with Crippen LogP contribution in [0.25, 0.3) is 0 Å². The molecule has 3 rings (SSSR count). The molecule has 2 aliphatic rings. The molecule has 4 atom stereocenters. The fraction of sp³-hybridized carbons (Fsp3) is 0.542. The summed E-state index contributed by atoms with van der Waals surface area (Å²) in [6.45, 7) is 6.32. The molecule has 0 bridgehead atoms. The molecular weight excluding hydrogens is 352 g/mol. The van der Waals surface area contributed by atoms with Crippen molar-refractivity contribution < 1.29 is 20.1 Å². The zero-order valence-corrected chi connectivity index (χ0v) is 16.7. The van der Waals surface area contributed by atoms with Crippen molar-refractivity contribution in [1.29, 1.82) is 0 Å². The van der Waals surface area contributed by atoms with Crippen molar-refractivity contribution in [1.82, 2.24) is 0 Å². The van der Waals surface area contributed by atoms with Gasteiger partial charge in [-0.25, -0.2) is 4.79 Å². The summed E-state index contributed by atoms with van der Waals surface area (Å²) in [6.07, 6.45) is 9.72. The Morgan fingerprint density at radius 2 is 2.00 bits per heavy atom. The molecule has 0 aliphatic heterocycles. The fourth-order valence-electron chi connectivity index (χ4n) is 4.61. The summed E-state index contributed by atoms with van der Waals surface area (Å²) < 4.78 is 0. The minimum Gasteiger partial charge on any atom is -0.478 e. The van der Waals surface area contributed by atoms with Gasteiger partial charge in [-0.3, -0.25) is 0 Å². The molecule has 28 heavy (non-hydrogen) atoms. The molecule has 1 aromatic carbocycles. The van der Waals surface area contributed by atoms with E-state index < -0.39 is 12.1 Å². The Hall–Kier alpha value is -1.91. The molecule has 2 unspecified atom stereocenters. The second kappa shape index (κ2) is 8.62. The van der Waals surface area contributed by atoms with Crippen molar-refractivity contribution in [3.05, 3.63) is 59.7 Å². The number of carbonyl (C=O) groups is 1. The number of aliphatic hydroxyl groups is 2. The van der Waals surface area contributed by atoms with Gasteiger partial charge in [-0.1, -0.05) is 49.8 Å². The van der Waals surface area contributed by atoms with Gasteiger partial charge in [-0.05, 0) is 67.6 Å². The minimum absolute atomic E-state index is 0.0344. The first kappa shape index (κ1) is 20.8. The van der Waals surface area contributed by atoms with E-state index in [-0.39, 0.29) is 23.4 Å². The molecule has 2 fully saturated rings. The Bertz CT molecular complexity index is 729. The Kier molecular flexibility index (Phi) is 6.41. The lowest BCUT2D eigenvalue weighted by atomic mass is 9.66. The lowest BCUT2D eigenvalue weighted by Gasteiger charge is -2.42. The summed E-state index contributed by atoms with van der Waals surface area (Å²) in [5.41, 5.74) is 2.53. The summed E-state index contributed by atoms with van der Waals surface area (Å²) >= 11 is 0. The van der Waals surface area contributed by atoms with Gasteiger partial charge in [0, 0.05) is 5.92 Å². The number of aryl methyl sites for hydroxylation is 1. The van der Waals surface area contributed by atoms with E-state index >= 15 is 0 Å². The molecule has 0 amide bonds. The molecule has 2 saturated carbocycles. The maximum absolute atomic E-state index is 11.0. The zero-order valence-electron chi connectivity index (χ0n) is 16.7. The molecule has 0 aromatic heterocycles. The summed E-state index contributed by atoms with van der Waals surface area (Å²) in [5, 5.41) is 29.9. The van der Waals surface area contributed by atoms with Crippen LogP contribution in [0.15, 0.2) is 48.6 Å². The Morgan fingerprint density at radius 1 is 1.32 bits per heavy atom. The van der Waals surface area contributed by atoms with Gasteiger partial charge in [0.15, 0.2) is 0 Å². The van der Waals surface area contributed by atoms with E-state index in [0.717, 1.165) is 36.8 Å². The van der Waals surface area contributed by atoms with E-state index in [1.807, 2.05) is 18.2 Å². The van der Waals surface area contributed by atoms with Crippen molar-refractivity contribution in [3.63, 3.8) is 0 Å². The third kappa shape index (κ3) is 4.56. The third-order valence-corrected chi connectivity index (χ3v) is 6.87. The van der Waals surface area contributed by atoms with Crippen LogP contribution in [0.3, 0.4) is 0 Å². The summed E-state index contributed by atoms with van der Waals surface area (Å²) in [7, 11) is 0. The quantitative estimate of drug-likeness (QED) is 0.582. The van der Waals surface area contributed by atoms with Gasteiger partial charge in [-0.15, -0.1) is 0 Å². The summed E-state index contributed by atoms with van der Waals surface area (Å²) in [5.74, 6) is -0.670. The van der Waals surface area contributed by atoms with E-state index in [9.17, 15) is 15.0 Å². The SMILES string of the molecule is C=C1CC(O)[C@H](/C=C/CC(O)C2(C)CCC2)[C@H]1CCc1ccc(C(=O)O)cc1. The van der Waals surface area contributed by atoms with E-state index in [1.54, 1.807) is 12.1 Å². The lowest BCUT2D eigenvalue weighted by Crippen LogP contribution is -2.38. The highest BCUT2D eigenvalue weighted by Gasteiger charge is 2.38. The molecule has 152 valence electrons. The van der Waals surface area contributed by atoms with Gasteiger partial charge in [0.2, 0.25) is 0 Å². The Labute approximate surface area is 167 Å². The molecule has 4 heteroatoms. The monoisotopic (exact) mass is 384 g/mol. The van der Waals surface area contributed by atoms with Crippen LogP contribution in [0.2, 0.25) is 0 Å². The number of hydrogen-bond donors (Lipinski definition) is 3. The van der Waals surface area contributed by atoms with Gasteiger partial charge in [0.1, 0.15) is 0 Å². The van der Waals surface area contributed by atoms with Crippen LogP contribution in [0.4, 0.5) is 0 Å². The number of aromatic carboxylic acids is 1. The maximum Gasteiger partial charge on any atom is 0.335 e. The highest BCUT2D eigenvalue weighted by Crippen LogP contribution is 2.45. The molecule has 4 nitrogen and oxygen atoms in total. The van der Waals surface area contributed by atoms with Crippen LogP contribution in [0.1, 0.15) is 61.4 Å². The smallest absolute Gasteiger partial charge is 0.335 e. The zero-order chi connectivity index (χ0) is 20.3. The van der Waals surface area contributed by atoms with Gasteiger partial charge < -0.3 is 15.3 Å². The standard InChI is InChI=1S/C24H32O4/c1-16-15-21(25)20(5-3-6-22(26)24(2)13-4-14-24)19(16)12-9-17-7-10-18(11-8-17)23(27)28/h3,5,7-8,10-11,19-22,25-26H,1,4,6,9,12-15H2,2H3,(H,27,28)/b5-3+/t19-,20+,21?,22?/m0/s1. The molecule has 0 heterocycles. The highest BCUT2D eigenvalue weighted by molar-refractivity contribution is 5.87. The number of hydrogen-bond acceptors (Lipinski definition) is 3. The average molecular weight is 385 g/mol. The number of rotatable bonds is 8. The number of carboxylic acids is 1. The van der Waals surface area contributed by atoms with E-state index in [2.05, 4.69) is 19.6 Å². The second-order valence-corrected chi connectivity index (χ2v) is 8.84. The Balaban J connectivity index is 1.57. The van der Waals surface area contributed by atoms with Crippen LogP contribution < -0.4 is 0 Å². The van der Waals surface area contributed by atoms with Gasteiger partial charge in [-0.2, -0.15) is 0 Å². The predicted octanol–water partition coefficient (Wildman–Crippen LogP) is 4.37. The largest absolute Gasteiger partial charge is 0.478 e. The predicted molar refractivity (Wildman–Crippen MR) is 110 cm³/mol. The summed E-state index contributed by atoms with van der Waals surface area (Å²) in [6, 6.07) is 6.99. The summed E-state index contributed by atoms with van der Waals surface area (Å²) in [4.78, 5) is 11.0. The van der Waals surface area contributed by atoms with E-state index in [0.29, 0.717) is 18.4 Å². The van der Waals surface area contributed by atoms with Gasteiger partial charge in [0.05, 0.1) is 17.8 Å². The van der Waals surface area contributed by atoms with Crippen LogP contribution >= 0.6 is 0 Å². The molecular formula is C24H32O4.